The van der Waals surface area contributed by atoms with Gasteiger partial charge in [0.15, 0.2) is 16.8 Å². The van der Waals surface area contributed by atoms with E-state index in [4.69, 9.17) is 17.3 Å². The van der Waals surface area contributed by atoms with E-state index in [1.807, 2.05) is 0 Å². The summed E-state index contributed by atoms with van der Waals surface area (Å²) >= 11 is 5.59. The Labute approximate surface area is 83.3 Å². The van der Waals surface area contributed by atoms with Gasteiger partial charge in [0.05, 0.1) is 5.69 Å². The molecule has 0 atom stereocenters. The number of benzene rings is 1. The van der Waals surface area contributed by atoms with Crippen LogP contribution in [0, 0.1) is 11.6 Å². The molecule has 0 spiro atoms. The van der Waals surface area contributed by atoms with Gasteiger partial charge >= 0.3 is 0 Å². The summed E-state index contributed by atoms with van der Waals surface area (Å²) in [7, 11) is 0. The first-order valence-corrected chi connectivity index (χ1v) is 4.17. The van der Waals surface area contributed by atoms with Gasteiger partial charge in [-0.15, -0.1) is 0 Å². The molecule has 0 amide bonds. The van der Waals surface area contributed by atoms with Gasteiger partial charge in [0, 0.05) is 5.39 Å². The van der Waals surface area contributed by atoms with E-state index in [9.17, 15) is 8.78 Å². The third-order valence-electron chi connectivity index (χ3n) is 1.86. The van der Waals surface area contributed by atoms with Crippen molar-refractivity contribution in [1.82, 2.24) is 4.98 Å². The second-order valence-corrected chi connectivity index (χ2v) is 3.16. The van der Waals surface area contributed by atoms with Crippen LogP contribution in [0.15, 0.2) is 18.2 Å². The number of halogens is 3. The van der Waals surface area contributed by atoms with Gasteiger partial charge in [-0.1, -0.05) is 11.6 Å². The number of nitrogen functional groups attached to an aromatic ring is 1. The molecular weight excluding hydrogens is 210 g/mol. The van der Waals surface area contributed by atoms with Crippen molar-refractivity contribution < 1.29 is 8.78 Å². The second kappa shape index (κ2) is 3.06. The predicted octanol–water partition coefficient (Wildman–Crippen LogP) is 2.75. The first kappa shape index (κ1) is 9.15. The summed E-state index contributed by atoms with van der Waals surface area (Å²) in [5.41, 5.74) is 5.60. The lowest BCUT2D eigenvalue weighted by atomic mass is 10.2. The maximum atomic E-state index is 13.2. The Balaban J connectivity index is 2.89. The van der Waals surface area contributed by atoms with Crippen molar-refractivity contribution in [2.75, 3.05) is 5.73 Å². The SMILES string of the molecule is Nc1cc2ccc(F)c(F)c2nc1Cl. The Morgan fingerprint density at radius 3 is 2.71 bits per heavy atom. The zero-order valence-electron chi connectivity index (χ0n) is 6.89. The van der Waals surface area contributed by atoms with E-state index in [0.29, 0.717) is 5.39 Å². The summed E-state index contributed by atoms with van der Waals surface area (Å²) < 4.78 is 26.0. The van der Waals surface area contributed by atoms with Crippen molar-refractivity contribution in [3.8, 4) is 0 Å². The fourth-order valence-electron chi connectivity index (χ4n) is 1.17. The summed E-state index contributed by atoms with van der Waals surface area (Å²) in [6, 6.07) is 3.87. The highest BCUT2D eigenvalue weighted by molar-refractivity contribution is 6.32. The van der Waals surface area contributed by atoms with E-state index < -0.39 is 11.6 Å². The minimum Gasteiger partial charge on any atom is -0.396 e. The molecule has 0 unspecified atom stereocenters. The van der Waals surface area contributed by atoms with E-state index in [2.05, 4.69) is 4.98 Å². The van der Waals surface area contributed by atoms with Crippen molar-refractivity contribution >= 4 is 28.2 Å². The maximum Gasteiger partial charge on any atom is 0.185 e. The predicted molar refractivity (Wildman–Crippen MR) is 51.1 cm³/mol. The maximum absolute atomic E-state index is 13.2. The molecule has 14 heavy (non-hydrogen) atoms. The lowest BCUT2D eigenvalue weighted by molar-refractivity contribution is 0.515. The number of anilines is 1. The second-order valence-electron chi connectivity index (χ2n) is 2.80. The molecule has 1 aromatic heterocycles. The van der Waals surface area contributed by atoms with Crippen molar-refractivity contribution in [3.05, 3.63) is 35.0 Å². The van der Waals surface area contributed by atoms with Gasteiger partial charge < -0.3 is 5.73 Å². The highest BCUT2D eigenvalue weighted by Crippen LogP contribution is 2.25. The van der Waals surface area contributed by atoms with E-state index in [1.165, 1.54) is 12.1 Å². The third-order valence-corrected chi connectivity index (χ3v) is 2.16. The van der Waals surface area contributed by atoms with Crippen molar-refractivity contribution in [2.24, 2.45) is 0 Å². The molecule has 2 N–H and O–H groups in total. The number of nitrogens with two attached hydrogens (primary N) is 1. The first-order valence-electron chi connectivity index (χ1n) is 3.79. The number of rotatable bonds is 0. The minimum absolute atomic E-state index is 0.0259. The van der Waals surface area contributed by atoms with Crippen molar-refractivity contribution in [2.45, 2.75) is 0 Å². The van der Waals surface area contributed by atoms with Crippen LogP contribution in [0.4, 0.5) is 14.5 Å². The molecule has 0 saturated heterocycles. The summed E-state index contributed by atoms with van der Waals surface area (Å²) in [6.45, 7) is 0. The zero-order chi connectivity index (χ0) is 10.3. The number of nitrogens with zero attached hydrogens (tertiary/aromatic N) is 1. The molecule has 2 nitrogen and oxygen atoms in total. The zero-order valence-corrected chi connectivity index (χ0v) is 7.65. The van der Waals surface area contributed by atoms with Crippen LogP contribution in [0.25, 0.3) is 10.9 Å². The van der Waals surface area contributed by atoms with Gasteiger partial charge in [-0.25, -0.2) is 13.8 Å². The molecule has 0 saturated carbocycles. The quantitative estimate of drug-likeness (QED) is 0.685. The highest BCUT2D eigenvalue weighted by atomic mass is 35.5. The van der Waals surface area contributed by atoms with Crippen LogP contribution in [0.1, 0.15) is 0 Å². The van der Waals surface area contributed by atoms with Crippen LogP contribution >= 0.6 is 11.6 Å². The Kier molecular flexibility index (Phi) is 2.00. The molecular formula is C9H5ClF2N2. The number of fused-ring (bicyclic) bond motifs is 1. The summed E-state index contributed by atoms with van der Waals surface area (Å²) in [6.07, 6.45) is 0. The third kappa shape index (κ3) is 1.28. The fourth-order valence-corrected chi connectivity index (χ4v) is 1.31. The molecule has 0 fully saturated rings. The molecule has 1 aromatic carbocycles. The van der Waals surface area contributed by atoms with Gasteiger partial charge in [-0.3, -0.25) is 0 Å². The molecule has 0 radical (unpaired) electrons. The van der Waals surface area contributed by atoms with Gasteiger partial charge in [0.25, 0.3) is 0 Å². The standard InChI is InChI=1S/C9H5ClF2N2/c10-9-6(13)3-4-1-2-5(11)7(12)8(4)14-9/h1-3H,13H2. The normalized spacial score (nSPS) is 10.8. The number of aromatic nitrogens is 1. The summed E-state index contributed by atoms with van der Waals surface area (Å²) in [5.74, 6) is -1.96. The van der Waals surface area contributed by atoms with Crippen molar-refractivity contribution in [3.63, 3.8) is 0 Å². The average Bonchev–Trinajstić information content (AvgIpc) is 2.15. The molecule has 1 heterocycles. The van der Waals surface area contributed by atoms with Crippen LogP contribution in [-0.4, -0.2) is 4.98 Å². The number of pyridine rings is 1. The first-order chi connectivity index (χ1) is 6.59. The molecule has 5 heteroatoms. The van der Waals surface area contributed by atoms with Crippen LogP contribution < -0.4 is 5.73 Å². The minimum atomic E-state index is -1.01. The van der Waals surface area contributed by atoms with E-state index in [0.717, 1.165) is 6.07 Å². The van der Waals surface area contributed by atoms with Gasteiger partial charge in [-0.2, -0.15) is 0 Å². The smallest absolute Gasteiger partial charge is 0.185 e. The largest absolute Gasteiger partial charge is 0.396 e. The van der Waals surface area contributed by atoms with E-state index in [1.54, 1.807) is 0 Å². The molecule has 0 bridgehead atoms. The van der Waals surface area contributed by atoms with Crippen LogP contribution in [0.5, 0.6) is 0 Å². The summed E-state index contributed by atoms with van der Waals surface area (Å²) in [4.78, 5) is 3.66. The lowest BCUT2D eigenvalue weighted by Gasteiger charge is -2.02. The molecule has 2 rings (SSSR count). The lowest BCUT2D eigenvalue weighted by Crippen LogP contribution is -1.94. The van der Waals surface area contributed by atoms with Crippen LogP contribution in [0.2, 0.25) is 5.15 Å². The number of hydrogen-bond donors (Lipinski definition) is 1. The highest BCUT2D eigenvalue weighted by Gasteiger charge is 2.10. The molecule has 0 aliphatic rings. The molecule has 72 valence electrons. The Bertz CT molecular complexity index is 514. The fraction of sp³-hybridized carbons (Fsp3) is 0. The Morgan fingerprint density at radius 2 is 2.00 bits per heavy atom. The Morgan fingerprint density at radius 1 is 1.29 bits per heavy atom. The molecule has 0 aliphatic carbocycles. The monoisotopic (exact) mass is 214 g/mol. The Hall–Kier alpha value is -1.42. The molecule has 2 aromatic rings. The summed E-state index contributed by atoms with van der Waals surface area (Å²) in [5, 5.41) is 0.396. The van der Waals surface area contributed by atoms with Crippen LogP contribution in [-0.2, 0) is 0 Å². The molecule has 0 aliphatic heterocycles. The van der Waals surface area contributed by atoms with Gasteiger partial charge in [-0.05, 0) is 18.2 Å². The van der Waals surface area contributed by atoms with E-state index in [-0.39, 0.29) is 16.4 Å². The van der Waals surface area contributed by atoms with Crippen LogP contribution in [0.3, 0.4) is 0 Å². The number of hydrogen-bond acceptors (Lipinski definition) is 2. The average molecular weight is 215 g/mol. The van der Waals surface area contributed by atoms with Gasteiger partial charge in [0.1, 0.15) is 5.52 Å². The van der Waals surface area contributed by atoms with Gasteiger partial charge in [0.2, 0.25) is 0 Å². The van der Waals surface area contributed by atoms with E-state index >= 15 is 0 Å². The van der Waals surface area contributed by atoms with Crippen molar-refractivity contribution in [1.29, 1.82) is 0 Å². The topological polar surface area (TPSA) is 38.9 Å².